The van der Waals surface area contributed by atoms with Crippen LogP contribution in [0.25, 0.3) is 0 Å². The normalized spacial score (nSPS) is 12.1. The van der Waals surface area contributed by atoms with E-state index in [0.717, 1.165) is 10.8 Å². The van der Waals surface area contributed by atoms with Gasteiger partial charge in [-0.05, 0) is 29.8 Å². The molecule has 1 atom stereocenters. The van der Waals surface area contributed by atoms with Crippen molar-refractivity contribution in [1.82, 2.24) is 4.98 Å². The minimum Gasteiger partial charge on any atom is -0.497 e. The highest BCUT2D eigenvalue weighted by atomic mass is 32.2. The average molecular weight is 260 g/mol. The summed E-state index contributed by atoms with van der Waals surface area (Å²) in [6, 6.07) is 13.9. The molecule has 0 radical (unpaired) electrons. The summed E-state index contributed by atoms with van der Waals surface area (Å²) in [6.07, 6.45) is 1.80. The highest BCUT2D eigenvalue weighted by Crippen LogP contribution is 2.33. The van der Waals surface area contributed by atoms with Crippen molar-refractivity contribution in [3.63, 3.8) is 0 Å². The molecule has 2 N–H and O–H groups in total. The van der Waals surface area contributed by atoms with Crippen molar-refractivity contribution in [1.29, 1.82) is 0 Å². The number of methoxy groups -OCH3 is 1. The number of benzene rings is 1. The Labute approximate surface area is 111 Å². The van der Waals surface area contributed by atoms with Gasteiger partial charge in [-0.2, -0.15) is 0 Å². The monoisotopic (exact) mass is 260 g/mol. The van der Waals surface area contributed by atoms with Gasteiger partial charge in [-0.15, -0.1) is 0 Å². The quantitative estimate of drug-likeness (QED) is 0.840. The van der Waals surface area contributed by atoms with Gasteiger partial charge in [-0.25, -0.2) is 4.98 Å². The van der Waals surface area contributed by atoms with Gasteiger partial charge in [0, 0.05) is 18.0 Å². The zero-order chi connectivity index (χ0) is 12.8. The van der Waals surface area contributed by atoms with Crippen LogP contribution in [-0.2, 0) is 0 Å². The number of hydrogen-bond acceptors (Lipinski definition) is 4. The predicted molar refractivity (Wildman–Crippen MR) is 74.9 cm³/mol. The van der Waals surface area contributed by atoms with E-state index in [1.54, 1.807) is 25.1 Å². The summed E-state index contributed by atoms with van der Waals surface area (Å²) in [7, 11) is 1.66. The maximum absolute atomic E-state index is 5.84. The van der Waals surface area contributed by atoms with Gasteiger partial charge in [0.15, 0.2) is 0 Å². The molecule has 2 rings (SSSR count). The van der Waals surface area contributed by atoms with Gasteiger partial charge in [-0.3, -0.25) is 0 Å². The molecule has 1 aromatic carbocycles. The van der Waals surface area contributed by atoms with Crippen LogP contribution in [0.3, 0.4) is 0 Å². The van der Waals surface area contributed by atoms with Crippen molar-refractivity contribution in [3.8, 4) is 5.75 Å². The van der Waals surface area contributed by atoms with Crippen molar-refractivity contribution in [2.75, 3.05) is 13.7 Å². The molecule has 1 unspecified atom stereocenters. The number of pyridine rings is 1. The number of aromatic nitrogens is 1. The fourth-order valence-electron chi connectivity index (χ4n) is 1.63. The van der Waals surface area contributed by atoms with Crippen molar-refractivity contribution in [2.24, 2.45) is 5.73 Å². The van der Waals surface area contributed by atoms with Crippen LogP contribution in [0.15, 0.2) is 53.7 Å². The lowest BCUT2D eigenvalue weighted by atomic mass is 10.1. The molecule has 0 aliphatic carbocycles. The van der Waals surface area contributed by atoms with Crippen LogP contribution in [0.2, 0.25) is 0 Å². The fraction of sp³-hybridized carbons (Fsp3) is 0.214. The molecule has 1 heterocycles. The third kappa shape index (κ3) is 3.24. The van der Waals surface area contributed by atoms with Crippen LogP contribution in [0.4, 0.5) is 0 Å². The molecule has 2 aromatic rings. The van der Waals surface area contributed by atoms with Gasteiger partial charge in [-0.1, -0.05) is 30.0 Å². The first kappa shape index (κ1) is 12.9. The van der Waals surface area contributed by atoms with Crippen molar-refractivity contribution < 1.29 is 4.74 Å². The lowest BCUT2D eigenvalue weighted by molar-refractivity contribution is 0.414. The average Bonchev–Trinajstić information content (AvgIpc) is 2.46. The van der Waals surface area contributed by atoms with E-state index in [9.17, 15) is 0 Å². The molecule has 18 heavy (non-hydrogen) atoms. The largest absolute Gasteiger partial charge is 0.497 e. The van der Waals surface area contributed by atoms with E-state index >= 15 is 0 Å². The molecule has 0 spiro atoms. The van der Waals surface area contributed by atoms with Gasteiger partial charge in [0.05, 0.1) is 12.1 Å². The lowest BCUT2D eigenvalue weighted by Gasteiger charge is -2.14. The van der Waals surface area contributed by atoms with Crippen LogP contribution in [0.5, 0.6) is 5.75 Å². The van der Waals surface area contributed by atoms with E-state index in [1.165, 1.54) is 5.56 Å². The first-order valence-electron chi connectivity index (χ1n) is 5.75. The molecule has 0 saturated carbocycles. The molecule has 4 heteroatoms. The zero-order valence-corrected chi connectivity index (χ0v) is 11.1. The molecule has 0 bridgehead atoms. The SMILES string of the molecule is COc1ccc(C(CN)Sc2ccccn2)cc1. The van der Waals surface area contributed by atoms with Gasteiger partial charge >= 0.3 is 0 Å². The van der Waals surface area contributed by atoms with Gasteiger partial charge in [0.1, 0.15) is 5.75 Å². The Bertz CT molecular complexity index is 473. The molecule has 0 amide bonds. The van der Waals surface area contributed by atoms with E-state index in [4.69, 9.17) is 10.5 Å². The van der Waals surface area contributed by atoms with Crippen LogP contribution in [-0.4, -0.2) is 18.6 Å². The summed E-state index contributed by atoms with van der Waals surface area (Å²) >= 11 is 1.68. The number of nitrogens with zero attached hydrogens (tertiary/aromatic N) is 1. The minimum atomic E-state index is 0.214. The Morgan fingerprint density at radius 1 is 1.22 bits per heavy atom. The molecule has 3 nitrogen and oxygen atoms in total. The lowest BCUT2D eigenvalue weighted by Crippen LogP contribution is -2.09. The standard InChI is InChI=1S/C14H16N2OS/c1-17-12-7-5-11(6-8-12)13(10-15)18-14-4-2-3-9-16-14/h2-9,13H,10,15H2,1H3. The first-order valence-corrected chi connectivity index (χ1v) is 6.63. The van der Waals surface area contributed by atoms with Gasteiger partial charge in [0.2, 0.25) is 0 Å². The molecule has 0 fully saturated rings. The second-order valence-corrected chi connectivity index (χ2v) is 5.01. The number of hydrogen-bond donors (Lipinski definition) is 1. The van der Waals surface area contributed by atoms with Crippen LogP contribution in [0.1, 0.15) is 10.8 Å². The number of thioether (sulfide) groups is 1. The minimum absolute atomic E-state index is 0.214. The predicted octanol–water partition coefficient (Wildman–Crippen LogP) is 2.88. The Morgan fingerprint density at radius 3 is 2.56 bits per heavy atom. The molecular weight excluding hydrogens is 244 g/mol. The van der Waals surface area contributed by atoms with Crippen LogP contribution in [0, 0.1) is 0 Å². The summed E-state index contributed by atoms with van der Waals surface area (Å²) in [5.41, 5.74) is 7.03. The van der Waals surface area contributed by atoms with E-state index in [-0.39, 0.29) is 5.25 Å². The molecule has 1 aromatic heterocycles. The topological polar surface area (TPSA) is 48.1 Å². The summed E-state index contributed by atoms with van der Waals surface area (Å²) in [6.45, 7) is 0.577. The second-order valence-electron chi connectivity index (χ2n) is 3.78. The second kappa shape index (κ2) is 6.42. The van der Waals surface area contributed by atoms with E-state index in [2.05, 4.69) is 4.98 Å². The van der Waals surface area contributed by atoms with Gasteiger partial charge < -0.3 is 10.5 Å². The zero-order valence-electron chi connectivity index (χ0n) is 10.2. The molecule has 94 valence electrons. The Kier molecular flexibility index (Phi) is 4.61. The van der Waals surface area contributed by atoms with Crippen molar-refractivity contribution in [2.45, 2.75) is 10.3 Å². The molecular formula is C14H16N2OS. The summed E-state index contributed by atoms with van der Waals surface area (Å²) < 4.78 is 5.15. The summed E-state index contributed by atoms with van der Waals surface area (Å²) in [5.74, 6) is 0.859. The molecule has 0 aliphatic rings. The van der Waals surface area contributed by atoms with E-state index in [0.29, 0.717) is 6.54 Å². The highest BCUT2D eigenvalue weighted by molar-refractivity contribution is 7.99. The van der Waals surface area contributed by atoms with Gasteiger partial charge in [0.25, 0.3) is 0 Å². The Balaban J connectivity index is 2.12. The van der Waals surface area contributed by atoms with Crippen molar-refractivity contribution in [3.05, 3.63) is 54.2 Å². The smallest absolute Gasteiger partial charge is 0.118 e. The highest BCUT2D eigenvalue weighted by Gasteiger charge is 2.12. The number of ether oxygens (including phenoxy) is 1. The third-order valence-corrected chi connectivity index (χ3v) is 3.83. The van der Waals surface area contributed by atoms with Crippen LogP contribution < -0.4 is 10.5 Å². The molecule has 0 saturated heterocycles. The fourth-order valence-corrected chi connectivity index (χ4v) is 2.59. The van der Waals surface area contributed by atoms with Crippen LogP contribution >= 0.6 is 11.8 Å². The van der Waals surface area contributed by atoms with E-state index in [1.807, 2.05) is 42.5 Å². The maximum Gasteiger partial charge on any atom is 0.118 e. The van der Waals surface area contributed by atoms with E-state index < -0.39 is 0 Å². The first-order chi connectivity index (χ1) is 8.83. The van der Waals surface area contributed by atoms with Crippen molar-refractivity contribution >= 4 is 11.8 Å². The summed E-state index contributed by atoms with van der Waals surface area (Å²) in [4.78, 5) is 4.31. The summed E-state index contributed by atoms with van der Waals surface area (Å²) in [5, 5.41) is 1.20. The number of nitrogens with two attached hydrogens (primary N) is 1. The third-order valence-electron chi connectivity index (χ3n) is 2.60. The number of rotatable bonds is 5. The Morgan fingerprint density at radius 2 is 2.00 bits per heavy atom. The molecule has 0 aliphatic heterocycles. The maximum atomic E-state index is 5.84. The Hall–Kier alpha value is -1.52.